The van der Waals surface area contributed by atoms with Gasteiger partial charge in [0.05, 0.1) is 33.1 Å². The first kappa shape index (κ1) is 25.4. The molecular formula is C48H26N2. The van der Waals surface area contributed by atoms with Gasteiger partial charge in [-0.25, -0.2) is 0 Å². The topological polar surface area (TPSA) is 8.82 Å². The molecule has 9 aromatic carbocycles. The van der Waals surface area contributed by atoms with Gasteiger partial charge in [-0.2, -0.15) is 0 Å². The van der Waals surface area contributed by atoms with Gasteiger partial charge in [0.25, 0.3) is 0 Å². The molecule has 0 saturated carbocycles. The maximum absolute atomic E-state index is 2.60. The van der Waals surface area contributed by atoms with Crippen LogP contribution in [-0.2, 0) is 0 Å². The van der Waals surface area contributed by atoms with Crippen molar-refractivity contribution in [2.45, 2.75) is 0 Å². The average Bonchev–Trinajstić information content (AvgIpc) is 3.91. The van der Waals surface area contributed by atoms with Crippen LogP contribution in [0.15, 0.2) is 158 Å². The Balaban J connectivity index is 1.55. The molecule has 228 valence electrons. The molecule has 0 unspecified atom stereocenters. The highest BCUT2D eigenvalue weighted by atomic mass is 14.9. The summed E-state index contributed by atoms with van der Waals surface area (Å²) in [5.41, 5.74) is 7.70. The Hall–Kier alpha value is -6.64. The van der Waals surface area contributed by atoms with E-state index in [1.807, 2.05) is 0 Å². The third-order valence-corrected chi connectivity index (χ3v) is 11.7. The van der Waals surface area contributed by atoms with Crippen LogP contribution >= 0.6 is 0 Å². The van der Waals surface area contributed by atoms with Crippen molar-refractivity contribution in [3.8, 4) is 0 Å². The summed E-state index contributed by atoms with van der Waals surface area (Å²) in [6.45, 7) is 0. The molecule has 13 rings (SSSR count). The van der Waals surface area contributed by atoms with Gasteiger partial charge in [0.2, 0.25) is 0 Å². The lowest BCUT2D eigenvalue weighted by Gasteiger charge is -2.14. The fourth-order valence-corrected chi connectivity index (χ4v) is 9.95. The zero-order chi connectivity index (χ0) is 32.2. The van der Waals surface area contributed by atoms with Crippen LogP contribution in [0, 0.1) is 0 Å². The molecule has 13 aromatic rings. The first-order valence-electron chi connectivity index (χ1n) is 17.5. The van der Waals surface area contributed by atoms with Gasteiger partial charge < -0.3 is 8.80 Å². The van der Waals surface area contributed by atoms with E-state index < -0.39 is 0 Å². The molecule has 0 N–H and O–H groups in total. The maximum atomic E-state index is 2.60. The highest BCUT2D eigenvalue weighted by molar-refractivity contribution is 6.46. The van der Waals surface area contributed by atoms with Crippen molar-refractivity contribution < 1.29 is 0 Å². The van der Waals surface area contributed by atoms with E-state index in [-0.39, 0.29) is 0 Å². The summed E-state index contributed by atoms with van der Waals surface area (Å²) < 4.78 is 5.20. The molecule has 0 saturated heterocycles. The SMILES string of the molecule is c1ccc2c(c1)c1ccccc1c1c3c4cccc5c6ccccc6n(c54)c3c3c4cccc5c6ccccc6n(c54)c3c1c1ccccc21. The molecule has 2 heteroatoms. The van der Waals surface area contributed by atoms with Crippen molar-refractivity contribution in [2.75, 3.05) is 0 Å². The van der Waals surface area contributed by atoms with Crippen molar-refractivity contribution in [3.05, 3.63) is 158 Å². The third kappa shape index (κ3) is 2.76. The van der Waals surface area contributed by atoms with Gasteiger partial charge in [-0.3, -0.25) is 0 Å². The van der Waals surface area contributed by atoms with E-state index in [0.717, 1.165) is 0 Å². The molecule has 0 aliphatic carbocycles. The summed E-state index contributed by atoms with van der Waals surface area (Å²) >= 11 is 0. The largest absolute Gasteiger partial charge is 0.307 e. The van der Waals surface area contributed by atoms with Gasteiger partial charge in [-0.15, -0.1) is 0 Å². The molecule has 2 nitrogen and oxygen atoms in total. The van der Waals surface area contributed by atoms with Crippen LogP contribution < -0.4 is 0 Å². The van der Waals surface area contributed by atoms with Crippen LogP contribution in [0.1, 0.15) is 0 Å². The second kappa shape index (κ2) is 8.68. The van der Waals surface area contributed by atoms with Crippen LogP contribution in [0.2, 0.25) is 0 Å². The van der Waals surface area contributed by atoms with Crippen LogP contribution in [0.25, 0.3) is 119 Å². The zero-order valence-corrected chi connectivity index (χ0v) is 26.9. The highest BCUT2D eigenvalue weighted by Gasteiger charge is 2.28. The highest BCUT2D eigenvalue weighted by Crippen LogP contribution is 2.52. The van der Waals surface area contributed by atoms with E-state index in [0.29, 0.717) is 0 Å². The molecule has 0 fully saturated rings. The van der Waals surface area contributed by atoms with Gasteiger partial charge in [0, 0.05) is 53.9 Å². The monoisotopic (exact) mass is 630 g/mol. The van der Waals surface area contributed by atoms with Gasteiger partial charge >= 0.3 is 0 Å². The fraction of sp³-hybridized carbons (Fsp3) is 0. The second-order valence-electron chi connectivity index (χ2n) is 13.9. The number of rotatable bonds is 0. The fourth-order valence-electron chi connectivity index (χ4n) is 9.95. The van der Waals surface area contributed by atoms with Gasteiger partial charge in [0.1, 0.15) is 0 Å². The van der Waals surface area contributed by atoms with Crippen molar-refractivity contribution in [1.82, 2.24) is 8.80 Å². The minimum Gasteiger partial charge on any atom is -0.307 e. The van der Waals surface area contributed by atoms with Crippen LogP contribution in [-0.4, -0.2) is 8.80 Å². The minimum atomic E-state index is 1.25. The predicted molar refractivity (Wildman–Crippen MR) is 215 cm³/mol. The lowest BCUT2D eigenvalue weighted by atomic mass is 9.90. The van der Waals surface area contributed by atoms with Gasteiger partial charge in [0.15, 0.2) is 0 Å². The van der Waals surface area contributed by atoms with E-state index in [9.17, 15) is 0 Å². The van der Waals surface area contributed by atoms with Crippen LogP contribution in [0.5, 0.6) is 0 Å². The van der Waals surface area contributed by atoms with E-state index in [1.54, 1.807) is 0 Å². The molecule has 0 bridgehead atoms. The summed E-state index contributed by atoms with van der Waals surface area (Å²) in [6.07, 6.45) is 0. The molecule has 50 heavy (non-hydrogen) atoms. The normalized spacial score (nSPS) is 12.8. The molecule has 0 aliphatic heterocycles. The van der Waals surface area contributed by atoms with E-state index in [1.165, 1.54) is 119 Å². The summed E-state index contributed by atoms with van der Waals surface area (Å²) in [5.74, 6) is 0. The third-order valence-electron chi connectivity index (χ3n) is 11.7. The van der Waals surface area contributed by atoms with Crippen molar-refractivity contribution in [1.29, 1.82) is 0 Å². The van der Waals surface area contributed by atoms with Crippen molar-refractivity contribution in [3.63, 3.8) is 0 Å². The van der Waals surface area contributed by atoms with Crippen molar-refractivity contribution >= 4 is 119 Å². The molecule has 0 aliphatic rings. The number of hydrogen-bond donors (Lipinski definition) is 0. The summed E-state index contributed by atoms with van der Waals surface area (Å²) in [5, 5.41) is 20.7. The molecule has 0 radical (unpaired) electrons. The second-order valence-corrected chi connectivity index (χ2v) is 13.9. The Labute approximate surface area is 284 Å². The minimum absolute atomic E-state index is 1.25. The molecule has 4 aromatic heterocycles. The van der Waals surface area contributed by atoms with Crippen molar-refractivity contribution in [2.24, 2.45) is 0 Å². The Morgan fingerprint density at radius 1 is 0.200 bits per heavy atom. The summed E-state index contributed by atoms with van der Waals surface area (Å²) in [4.78, 5) is 0. The molecule has 0 atom stereocenters. The van der Waals surface area contributed by atoms with Gasteiger partial charge in [-0.05, 0) is 44.5 Å². The number of aromatic nitrogens is 2. The molecular weight excluding hydrogens is 605 g/mol. The standard InChI is InChI=1S/C48H26N2/c1-2-14-28-27(13-1)29-15-3-5-19-33(29)41-42(34-20-6-4-16-30(28)34)47-44(38-24-12-22-36-32-18-8-10-26-40(32)50(47)46(36)38)48-43(41)37-23-11-21-35-31-17-7-9-25-39(31)49(48)45(35)37/h1-26H. The first-order valence-corrected chi connectivity index (χ1v) is 17.5. The zero-order valence-electron chi connectivity index (χ0n) is 26.9. The van der Waals surface area contributed by atoms with Crippen LogP contribution in [0.3, 0.4) is 0 Å². The number of fused-ring (bicyclic) bond motifs is 23. The summed E-state index contributed by atoms with van der Waals surface area (Å²) in [6, 6.07) is 59.0. The predicted octanol–water partition coefficient (Wildman–Crippen LogP) is 13.2. The number of para-hydroxylation sites is 4. The maximum Gasteiger partial charge on any atom is 0.0648 e. The van der Waals surface area contributed by atoms with E-state index >= 15 is 0 Å². The molecule has 4 heterocycles. The molecule has 0 spiro atoms. The Morgan fingerprint density at radius 3 is 1.02 bits per heavy atom. The lowest BCUT2D eigenvalue weighted by Crippen LogP contribution is -1.90. The lowest BCUT2D eigenvalue weighted by molar-refractivity contribution is 1.37. The quantitative estimate of drug-likeness (QED) is 0.158. The number of nitrogens with zero attached hydrogens (tertiary/aromatic N) is 2. The Kier molecular flexibility index (Phi) is 4.41. The number of benzene rings is 8. The van der Waals surface area contributed by atoms with Crippen LogP contribution in [0.4, 0.5) is 0 Å². The van der Waals surface area contributed by atoms with E-state index in [4.69, 9.17) is 0 Å². The number of hydrogen-bond acceptors (Lipinski definition) is 0. The smallest absolute Gasteiger partial charge is 0.0648 e. The first-order chi connectivity index (χ1) is 24.9. The Bertz CT molecular complexity index is 3650. The summed E-state index contributed by atoms with van der Waals surface area (Å²) in [7, 11) is 0. The molecule has 0 amide bonds. The van der Waals surface area contributed by atoms with Gasteiger partial charge in [-0.1, -0.05) is 146 Å². The van der Waals surface area contributed by atoms with E-state index in [2.05, 4.69) is 167 Å². The Morgan fingerprint density at radius 2 is 0.520 bits per heavy atom. The average molecular weight is 631 g/mol.